The van der Waals surface area contributed by atoms with Crippen molar-refractivity contribution in [3.05, 3.63) is 66.1 Å². The summed E-state index contributed by atoms with van der Waals surface area (Å²) in [7, 11) is 0. The molecular weight excluding hydrogens is 350 g/mol. The highest BCUT2D eigenvalue weighted by atomic mass is 32.2. The predicted octanol–water partition coefficient (Wildman–Crippen LogP) is 4.08. The van der Waals surface area contributed by atoms with Gasteiger partial charge in [-0.25, -0.2) is 0 Å². The third-order valence-electron chi connectivity index (χ3n) is 3.44. The number of aryl methyl sites for hydroxylation is 1. The van der Waals surface area contributed by atoms with Crippen molar-refractivity contribution in [2.75, 3.05) is 11.1 Å². The number of para-hydroxylation sites is 1. The van der Waals surface area contributed by atoms with Gasteiger partial charge in [-0.2, -0.15) is 0 Å². The Bertz CT molecular complexity index is 835. The van der Waals surface area contributed by atoms with Gasteiger partial charge in [-0.05, 0) is 31.2 Å². The van der Waals surface area contributed by atoms with Gasteiger partial charge in [-0.15, -0.1) is 10.2 Å². The molecule has 134 valence electrons. The van der Waals surface area contributed by atoms with Gasteiger partial charge in [0.1, 0.15) is 5.75 Å². The summed E-state index contributed by atoms with van der Waals surface area (Å²) in [6, 6.07) is 17.1. The maximum Gasteiger partial charge on any atom is 0.276 e. The summed E-state index contributed by atoms with van der Waals surface area (Å²) in [5.74, 6) is 1.65. The van der Waals surface area contributed by atoms with Crippen LogP contribution in [0.2, 0.25) is 0 Å². The number of aromatic nitrogens is 2. The first-order chi connectivity index (χ1) is 12.7. The molecule has 0 bridgehead atoms. The van der Waals surface area contributed by atoms with Crippen molar-refractivity contribution >= 4 is 23.4 Å². The molecule has 0 spiro atoms. The molecule has 3 rings (SSSR count). The van der Waals surface area contributed by atoms with E-state index in [1.54, 1.807) is 0 Å². The highest BCUT2D eigenvalue weighted by molar-refractivity contribution is 7.99. The summed E-state index contributed by atoms with van der Waals surface area (Å²) in [5.41, 5.74) is 1.95. The maximum absolute atomic E-state index is 11.9. The Labute approximate surface area is 156 Å². The minimum Gasteiger partial charge on any atom is -0.484 e. The van der Waals surface area contributed by atoms with Gasteiger partial charge >= 0.3 is 0 Å². The van der Waals surface area contributed by atoms with E-state index < -0.39 is 0 Å². The van der Waals surface area contributed by atoms with Crippen molar-refractivity contribution in [3.63, 3.8) is 0 Å². The molecule has 0 radical (unpaired) electrons. The van der Waals surface area contributed by atoms with E-state index in [9.17, 15) is 4.79 Å². The number of nitrogens with zero attached hydrogens (tertiary/aromatic N) is 2. The van der Waals surface area contributed by atoms with Crippen LogP contribution < -0.4 is 10.1 Å². The molecule has 1 N–H and O–H groups in total. The first-order valence-electron chi connectivity index (χ1n) is 8.18. The number of hydrogen-bond donors (Lipinski definition) is 1. The lowest BCUT2D eigenvalue weighted by molar-refractivity contribution is -0.115. The van der Waals surface area contributed by atoms with Gasteiger partial charge in [0, 0.05) is 17.9 Å². The lowest BCUT2D eigenvalue weighted by Crippen LogP contribution is -2.12. The molecule has 0 saturated heterocycles. The first-order valence-corrected chi connectivity index (χ1v) is 9.17. The van der Waals surface area contributed by atoms with Crippen LogP contribution in [0.1, 0.15) is 17.9 Å². The number of thioether (sulfide) groups is 1. The normalized spacial score (nSPS) is 10.5. The number of nitrogens with one attached hydrogen (secondary N) is 1. The van der Waals surface area contributed by atoms with Crippen LogP contribution in [0.4, 0.5) is 5.69 Å². The SMILES string of the molecule is Cc1ccc(NC(=O)CCSc2nnc(COc3ccccc3)o2)cc1. The van der Waals surface area contributed by atoms with Crippen LogP contribution in [-0.4, -0.2) is 21.9 Å². The summed E-state index contributed by atoms with van der Waals surface area (Å²) >= 11 is 1.35. The summed E-state index contributed by atoms with van der Waals surface area (Å²) < 4.78 is 11.1. The molecule has 0 saturated carbocycles. The Hall–Kier alpha value is -2.80. The average Bonchev–Trinajstić information content (AvgIpc) is 3.11. The zero-order valence-electron chi connectivity index (χ0n) is 14.3. The zero-order chi connectivity index (χ0) is 18.2. The van der Waals surface area contributed by atoms with Crippen LogP contribution >= 0.6 is 11.8 Å². The second kappa shape index (κ2) is 9.05. The molecule has 7 heteroatoms. The molecule has 3 aromatic rings. The molecule has 2 aromatic carbocycles. The summed E-state index contributed by atoms with van der Waals surface area (Å²) in [5, 5.41) is 11.2. The number of hydrogen-bond acceptors (Lipinski definition) is 6. The minimum absolute atomic E-state index is 0.0477. The standard InChI is InChI=1S/C19H19N3O3S/c1-14-7-9-15(10-8-14)20-17(23)11-12-26-19-22-21-18(25-19)13-24-16-5-3-2-4-6-16/h2-10H,11-13H2,1H3,(H,20,23). The van der Waals surface area contributed by atoms with Crippen LogP contribution in [0.3, 0.4) is 0 Å². The molecule has 1 aromatic heterocycles. The number of carbonyl (C=O) groups excluding carboxylic acids is 1. The smallest absolute Gasteiger partial charge is 0.276 e. The van der Waals surface area contributed by atoms with Gasteiger partial charge in [0.2, 0.25) is 5.91 Å². The van der Waals surface area contributed by atoms with E-state index >= 15 is 0 Å². The Morgan fingerprint density at radius 2 is 1.88 bits per heavy atom. The van der Waals surface area contributed by atoms with Gasteiger partial charge < -0.3 is 14.5 Å². The summed E-state index contributed by atoms with van der Waals surface area (Å²) in [6.07, 6.45) is 0.358. The molecule has 0 fully saturated rings. The Morgan fingerprint density at radius 1 is 1.12 bits per heavy atom. The van der Waals surface area contributed by atoms with Gasteiger partial charge in [0.25, 0.3) is 11.1 Å². The Morgan fingerprint density at radius 3 is 2.65 bits per heavy atom. The molecule has 1 heterocycles. The summed E-state index contributed by atoms with van der Waals surface area (Å²) in [4.78, 5) is 11.9. The second-order valence-electron chi connectivity index (χ2n) is 5.58. The topological polar surface area (TPSA) is 77.2 Å². The molecule has 1 amide bonds. The van der Waals surface area contributed by atoms with Crippen molar-refractivity contribution in [1.82, 2.24) is 10.2 Å². The van der Waals surface area contributed by atoms with Crippen LogP contribution in [0.15, 0.2) is 64.2 Å². The van der Waals surface area contributed by atoms with Crippen molar-refractivity contribution in [2.24, 2.45) is 0 Å². The zero-order valence-corrected chi connectivity index (χ0v) is 15.2. The van der Waals surface area contributed by atoms with E-state index in [2.05, 4.69) is 15.5 Å². The third kappa shape index (κ3) is 5.63. The second-order valence-corrected chi connectivity index (χ2v) is 6.62. The quantitative estimate of drug-likeness (QED) is 0.603. The third-order valence-corrected chi connectivity index (χ3v) is 4.26. The molecule has 0 atom stereocenters. The van der Waals surface area contributed by atoms with Gasteiger partial charge in [-0.3, -0.25) is 4.79 Å². The van der Waals surface area contributed by atoms with Crippen molar-refractivity contribution in [2.45, 2.75) is 25.2 Å². The molecule has 26 heavy (non-hydrogen) atoms. The van der Waals surface area contributed by atoms with E-state index in [-0.39, 0.29) is 12.5 Å². The van der Waals surface area contributed by atoms with Crippen LogP contribution in [-0.2, 0) is 11.4 Å². The van der Waals surface area contributed by atoms with E-state index in [0.717, 1.165) is 17.0 Å². The van der Waals surface area contributed by atoms with Gasteiger partial charge in [-0.1, -0.05) is 47.7 Å². The first kappa shape index (κ1) is 18.0. The number of benzene rings is 2. The van der Waals surface area contributed by atoms with E-state index in [0.29, 0.717) is 23.3 Å². The monoisotopic (exact) mass is 369 g/mol. The largest absolute Gasteiger partial charge is 0.484 e. The Kier molecular flexibility index (Phi) is 6.27. The lowest BCUT2D eigenvalue weighted by Gasteiger charge is -2.04. The van der Waals surface area contributed by atoms with Crippen molar-refractivity contribution in [3.8, 4) is 5.75 Å². The highest BCUT2D eigenvalue weighted by Gasteiger charge is 2.09. The van der Waals surface area contributed by atoms with Crippen molar-refractivity contribution in [1.29, 1.82) is 0 Å². The maximum atomic E-state index is 11.9. The average molecular weight is 369 g/mol. The fraction of sp³-hybridized carbons (Fsp3) is 0.211. The molecule has 6 nitrogen and oxygen atoms in total. The minimum atomic E-state index is -0.0477. The van der Waals surface area contributed by atoms with E-state index in [1.807, 2.05) is 61.5 Å². The Balaban J connectivity index is 1.39. The fourth-order valence-electron chi connectivity index (χ4n) is 2.11. The van der Waals surface area contributed by atoms with E-state index in [4.69, 9.17) is 9.15 Å². The van der Waals surface area contributed by atoms with Crippen LogP contribution in [0.25, 0.3) is 0 Å². The fourth-order valence-corrected chi connectivity index (χ4v) is 2.82. The van der Waals surface area contributed by atoms with Crippen LogP contribution in [0.5, 0.6) is 5.75 Å². The molecule has 0 aliphatic heterocycles. The lowest BCUT2D eigenvalue weighted by atomic mass is 10.2. The molecule has 0 aliphatic rings. The molecular formula is C19H19N3O3S. The molecule has 0 aliphatic carbocycles. The highest BCUT2D eigenvalue weighted by Crippen LogP contribution is 2.19. The van der Waals surface area contributed by atoms with Crippen LogP contribution in [0, 0.1) is 6.92 Å². The van der Waals surface area contributed by atoms with Gasteiger partial charge in [0.05, 0.1) is 0 Å². The number of anilines is 1. The summed E-state index contributed by atoms with van der Waals surface area (Å²) in [6.45, 7) is 2.22. The van der Waals surface area contributed by atoms with Gasteiger partial charge in [0.15, 0.2) is 6.61 Å². The number of rotatable bonds is 8. The van der Waals surface area contributed by atoms with E-state index in [1.165, 1.54) is 11.8 Å². The molecule has 0 unspecified atom stereocenters. The number of ether oxygens (including phenoxy) is 1. The van der Waals surface area contributed by atoms with Crippen molar-refractivity contribution < 1.29 is 13.9 Å². The number of amides is 1. The number of carbonyl (C=O) groups is 1. The predicted molar refractivity (Wildman–Crippen MR) is 100 cm³/mol.